The summed E-state index contributed by atoms with van der Waals surface area (Å²) in [6.45, 7) is 6.78. The molecule has 1 atom stereocenters. The molecule has 1 aromatic rings. The molecule has 0 spiro atoms. The molecule has 2 rings (SSSR count). The SMILES string of the molecule is Cc1cc(C)c(Br)c(C2COCCN2)c1. The van der Waals surface area contributed by atoms with E-state index in [9.17, 15) is 0 Å². The highest BCUT2D eigenvalue weighted by Crippen LogP contribution is 2.29. The number of hydrogen-bond acceptors (Lipinski definition) is 2. The Hall–Kier alpha value is -0.380. The lowest BCUT2D eigenvalue weighted by Gasteiger charge is -2.26. The lowest BCUT2D eigenvalue weighted by atomic mass is 10.0. The van der Waals surface area contributed by atoms with Crippen LogP contribution in [0.3, 0.4) is 0 Å². The third-order valence-corrected chi connectivity index (χ3v) is 3.81. The summed E-state index contributed by atoms with van der Waals surface area (Å²) in [5, 5.41) is 3.48. The third kappa shape index (κ3) is 2.41. The maximum atomic E-state index is 5.49. The number of aryl methyl sites for hydroxylation is 2. The van der Waals surface area contributed by atoms with Crippen LogP contribution in [0.2, 0.25) is 0 Å². The van der Waals surface area contributed by atoms with Gasteiger partial charge in [-0.25, -0.2) is 0 Å². The maximum Gasteiger partial charge on any atom is 0.0662 e. The Kier molecular flexibility index (Phi) is 3.44. The fraction of sp³-hybridized carbons (Fsp3) is 0.500. The van der Waals surface area contributed by atoms with E-state index in [0.717, 1.165) is 19.8 Å². The minimum absolute atomic E-state index is 0.326. The zero-order valence-electron chi connectivity index (χ0n) is 9.14. The van der Waals surface area contributed by atoms with E-state index in [1.807, 2.05) is 0 Å². The standard InChI is InChI=1S/C12H16BrNO/c1-8-5-9(2)12(13)10(6-8)11-7-15-4-3-14-11/h5-6,11,14H,3-4,7H2,1-2H3. The molecule has 2 nitrogen and oxygen atoms in total. The van der Waals surface area contributed by atoms with E-state index in [-0.39, 0.29) is 0 Å². The Balaban J connectivity index is 2.33. The van der Waals surface area contributed by atoms with Gasteiger partial charge in [0.05, 0.1) is 19.3 Å². The lowest BCUT2D eigenvalue weighted by Crippen LogP contribution is -2.34. The zero-order valence-corrected chi connectivity index (χ0v) is 10.7. The number of ether oxygens (including phenoxy) is 1. The van der Waals surface area contributed by atoms with E-state index >= 15 is 0 Å². The van der Waals surface area contributed by atoms with Crippen molar-refractivity contribution in [2.45, 2.75) is 19.9 Å². The highest BCUT2D eigenvalue weighted by Gasteiger charge is 2.18. The van der Waals surface area contributed by atoms with Gasteiger partial charge in [0.1, 0.15) is 0 Å². The van der Waals surface area contributed by atoms with Crippen LogP contribution in [0.5, 0.6) is 0 Å². The van der Waals surface area contributed by atoms with Crippen LogP contribution in [-0.2, 0) is 4.74 Å². The second-order valence-electron chi connectivity index (χ2n) is 4.07. The van der Waals surface area contributed by atoms with Crippen molar-refractivity contribution < 1.29 is 4.74 Å². The fourth-order valence-corrected chi connectivity index (χ4v) is 2.51. The number of nitrogens with one attached hydrogen (secondary N) is 1. The Bertz CT molecular complexity index is 359. The molecule has 0 saturated carbocycles. The fourth-order valence-electron chi connectivity index (χ4n) is 2.00. The van der Waals surface area contributed by atoms with Crippen molar-refractivity contribution in [3.8, 4) is 0 Å². The molecule has 1 aliphatic rings. The summed E-state index contributed by atoms with van der Waals surface area (Å²) in [6, 6.07) is 4.74. The Morgan fingerprint density at radius 2 is 2.20 bits per heavy atom. The van der Waals surface area contributed by atoms with Crippen LogP contribution >= 0.6 is 15.9 Å². The van der Waals surface area contributed by atoms with Crippen molar-refractivity contribution in [1.82, 2.24) is 5.32 Å². The molecule has 15 heavy (non-hydrogen) atoms. The Labute approximate surface area is 99.1 Å². The van der Waals surface area contributed by atoms with Crippen molar-refractivity contribution in [1.29, 1.82) is 0 Å². The average Bonchev–Trinajstić information content (AvgIpc) is 2.24. The van der Waals surface area contributed by atoms with Crippen molar-refractivity contribution in [2.75, 3.05) is 19.8 Å². The van der Waals surface area contributed by atoms with Crippen LogP contribution in [0, 0.1) is 13.8 Å². The molecular formula is C12H16BrNO. The van der Waals surface area contributed by atoms with Gasteiger partial charge >= 0.3 is 0 Å². The lowest BCUT2D eigenvalue weighted by molar-refractivity contribution is 0.0766. The summed E-state index contributed by atoms with van der Waals surface area (Å²) in [4.78, 5) is 0. The van der Waals surface area contributed by atoms with Gasteiger partial charge in [-0.2, -0.15) is 0 Å². The highest BCUT2D eigenvalue weighted by atomic mass is 79.9. The highest BCUT2D eigenvalue weighted by molar-refractivity contribution is 9.10. The van der Waals surface area contributed by atoms with E-state index in [2.05, 4.69) is 47.2 Å². The predicted molar refractivity (Wildman–Crippen MR) is 65.2 cm³/mol. The molecule has 1 saturated heterocycles. The van der Waals surface area contributed by atoms with Gasteiger partial charge in [0, 0.05) is 11.0 Å². The number of halogens is 1. The summed E-state index contributed by atoms with van der Waals surface area (Å²) in [5.74, 6) is 0. The van der Waals surface area contributed by atoms with E-state index in [1.165, 1.54) is 21.2 Å². The monoisotopic (exact) mass is 269 g/mol. The first-order chi connectivity index (χ1) is 7.18. The maximum absolute atomic E-state index is 5.49. The molecule has 3 heteroatoms. The first-order valence-corrected chi connectivity index (χ1v) is 6.05. The molecule has 1 aliphatic heterocycles. The van der Waals surface area contributed by atoms with Crippen LogP contribution in [0.1, 0.15) is 22.7 Å². The quantitative estimate of drug-likeness (QED) is 0.847. The zero-order chi connectivity index (χ0) is 10.8. The van der Waals surface area contributed by atoms with E-state index in [0.29, 0.717) is 6.04 Å². The second kappa shape index (κ2) is 4.64. The van der Waals surface area contributed by atoms with E-state index < -0.39 is 0 Å². The topological polar surface area (TPSA) is 21.3 Å². The molecule has 0 aliphatic carbocycles. The van der Waals surface area contributed by atoms with Crippen LogP contribution in [0.25, 0.3) is 0 Å². The minimum Gasteiger partial charge on any atom is -0.378 e. The predicted octanol–water partition coefficient (Wildman–Crippen LogP) is 2.73. The molecule has 1 heterocycles. The van der Waals surface area contributed by atoms with Gasteiger partial charge in [-0.3, -0.25) is 0 Å². The molecule has 0 radical (unpaired) electrons. The van der Waals surface area contributed by atoms with Crippen LogP contribution in [-0.4, -0.2) is 19.8 Å². The summed E-state index contributed by atoms with van der Waals surface area (Å²) in [6.07, 6.45) is 0. The van der Waals surface area contributed by atoms with Gasteiger partial charge in [-0.1, -0.05) is 33.6 Å². The van der Waals surface area contributed by atoms with Crippen molar-refractivity contribution in [2.24, 2.45) is 0 Å². The van der Waals surface area contributed by atoms with Crippen molar-refractivity contribution >= 4 is 15.9 Å². The number of hydrogen-bond donors (Lipinski definition) is 1. The first-order valence-electron chi connectivity index (χ1n) is 5.26. The summed E-state index contributed by atoms with van der Waals surface area (Å²) in [5.41, 5.74) is 3.91. The first kappa shape index (κ1) is 11.1. The second-order valence-corrected chi connectivity index (χ2v) is 4.86. The van der Waals surface area contributed by atoms with E-state index in [1.54, 1.807) is 0 Å². The average molecular weight is 270 g/mol. The van der Waals surface area contributed by atoms with Gasteiger partial charge in [0.15, 0.2) is 0 Å². The summed E-state index contributed by atoms with van der Waals surface area (Å²) < 4.78 is 6.69. The Morgan fingerprint density at radius 3 is 2.87 bits per heavy atom. The molecule has 0 amide bonds. The minimum atomic E-state index is 0.326. The summed E-state index contributed by atoms with van der Waals surface area (Å²) in [7, 11) is 0. The van der Waals surface area contributed by atoms with Crippen LogP contribution in [0.15, 0.2) is 16.6 Å². The molecule has 0 aromatic heterocycles. The largest absolute Gasteiger partial charge is 0.378 e. The van der Waals surface area contributed by atoms with Gasteiger partial charge in [-0.05, 0) is 25.0 Å². The van der Waals surface area contributed by atoms with Crippen molar-refractivity contribution in [3.05, 3.63) is 33.3 Å². The van der Waals surface area contributed by atoms with Gasteiger partial charge < -0.3 is 10.1 Å². The molecule has 1 fully saturated rings. The van der Waals surface area contributed by atoms with Crippen molar-refractivity contribution in [3.63, 3.8) is 0 Å². The normalized spacial score (nSPS) is 21.7. The smallest absolute Gasteiger partial charge is 0.0662 e. The molecule has 1 aromatic carbocycles. The number of morpholine rings is 1. The number of rotatable bonds is 1. The molecule has 1 N–H and O–H groups in total. The van der Waals surface area contributed by atoms with Gasteiger partial charge in [0.2, 0.25) is 0 Å². The molecule has 0 bridgehead atoms. The van der Waals surface area contributed by atoms with Gasteiger partial charge in [0.25, 0.3) is 0 Å². The number of benzene rings is 1. The Morgan fingerprint density at radius 1 is 1.40 bits per heavy atom. The van der Waals surface area contributed by atoms with Crippen LogP contribution < -0.4 is 5.32 Å². The molecular weight excluding hydrogens is 254 g/mol. The summed E-state index contributed by atoms with van der Waals surface area (Å²) >= 11 is 3.65. The molecule has 82 valence electrons. The molecule has 1 unspecified atom stereocenters. The van der Waals surface area contributed by atoms with Gasteiger partial charge in [-0.15, -0.1) is 0 Å². The van der Waals surface area contributed by atoms with E-state index in [4.69, 9.17) is 4.74 Å². The van der Waals surface area contributed by atoms with Crippen LogP contribution in [0.4, 0.5) is 0 Å². The third-order valence-electron chi connectivity index (χ3n) is 2.72.